The summed E-state index contributed by atoms with van der Waals surface area (Å²) in [5.41, 5.74) is 7.11. The maximum absolute atomic E-state index is 3.71. The zero-order valence-electron chi connectivity index (χ0n) is 18.2. The van der Waals surface area contributed by atoms with Crippen molar-refractivity contribution in [2.45, 2.75) is 0 Å². The molecule has 0 aliphatic heterocycles. The molecule has 0 amide bonds. The van der Waals surface area contributed by atoms with Crippen molar-refractivity contribution in [2.24, 2.45) is 0 Å². The van der Waals surface area contributed by atoms with Crippen LogP contribution >= 0.6 is 0 Å². The third-order valence-electron chi connectivity index (χ3n) is 6.26. The lowest BCUT2D eigenvalue weighted by Crippen LogP contribution is -1.95. The van der Waals surface area contributed by atoms with Gasteiger partial charge in [-0.1, -0.05) is 115 Å². The largest absolute Gasteiger partial charge is 0.355 e. The van der Waals surface area contributed by atoms with Crippen LogP contribution in [0.1, 0.15) is 0 Å². The Labute approximate surface area is 194 Å². The normalized spacial score (nSPS) is 11.0. The molecular weight excluding hydrogens is 398 g/mol. The SMILES string of the molecule is c1ccc(-c2ccc(Nc3ccc4ccccc4c3-c3cccc4ccccc34)cc2)cc1. The van der Waals surface area contributed by atoms with Gasteiger partial charge in [0.2, 0.25) is 0 Å². The van der Waals surface area contributed by atoms with Crippen molar-refractivity contribution in [3.63, 3.8) is 0 Å². The lowest BCUT2D eigenvalue weighted by atomic mass is 9.92. The standard InChI is InChI=1S/C32H23N/c1-2-9-23(10-3-1)24-17-20-27(21-18-24)33-31-22-19-26-12-5-7-15-29(26)32(31)30-16-8-13-25-11-4-6-14-28(25)30/h1-22,33H. The first-order valence-corrected chi connectivity index (χ1v) is 11.3. The van der Waals surface area contributed by atoms with E-state index < -0.39 is 0 Å². The Bertz CT molecular complexity index is 1560. The summed E-state index contributed by atoms with van der Waals surface area (Å²) in [5, 5.41) is 8.71. The molecule has 6 rings (SSSR count). The molecule has 0 fully saturated rings. The lowest BCUT2D eigenvalue weighted by molar-refractivity contribution is 1.55. The highest BCUT2D eigenvalue weighted by atomic mass is 14.9. The number of anilines is 2. The fourth-order valence-electron chi connectivity index (χ4n) is 4.64. The molecule has 0 aromatic heterocycles. The Kier molecular flexibility index (Phi) is 4.86. The Morgan fingerprint density at radius 2 is 1.00 bits per heavy atom. The highest BCUT2D eigenvalue weighted by Gasteiger charge is 2.13. The molecule has 0 unspecified atom stereocenters. The van der Waals surface area contributed by atoms with Crippen molar-refractivity contribution in [1.82, 2.24) is 0 Å². The molecule has 1 nitrogen and oxygen atoms in total. The summed E-state index contributed by atoms with van der Waals surface area (Å²) in [6, 6.07) is 47.3. The third kappa shape index (κ3) is 3.64. The molecule has 33 heavy (non-hydrogen) atoms. The Hall–Kier alpha value is -4.36. The van der Waals surface area contributed by atoms with Crippen molar-refractivity contribution in [3.05, 3.63) is 133 Å². The second-order valence-electron chi connectivity index (χ2n) is 8.30. The first kappa shape index (κ1) is 19.3. The molecule has 6 aromatic carbocycles. The molecule has 0 saturated carbocycles. The van der Waals surface area contributed by atoms with E-state index in [1.165, 1.54) is 43.8 Å². The van der Waals surface area contributed by atoms with Gasteiger partial charge in [0.1, 0.15) is 0 Å². The average molecular weight is 422 g/mol. The molecule has 1 heteroatoms. The van der Waals surface area contributed by atoms with Gasteiger partial charge in [-0.25, -0.2) is 0 Å². The number of fused-ring (bicyclic) bond motifs is 2. The van der Waals surface area contributed by atoms with Crippen LogP contribution in [0.25, 0.3) is 43.8 Å². The van der Waals surface area contributed by atoms with Crippen LogP contribution in [0, 0.1) is 0 Å². The van der Waals surface area contributed by atoms with E-state index in [1.54, 1.807) is 0 Å². The van der Waals surface area contributed by atoms with Crippen molar-refractivity contribution in [3.8, 4) is 22.3 Å². The second-order valence-corrected chi connectivity index (χ2v) is 8.30. The molecule has 0 aliphatic rings. The van der Waals surface area contributed by atoms with Crippen LogP contribution in [0.15, 0.2) is 133 Å². The maximum Gasteiger partial charge on any atom is 0.0470 e. The summed E-state index contributed by atoms with van der Waals surface area (Å²) in [6.45, 7) is 0. The van der Waals surface area contributed by atoms with E-state index in [0.29, 0.717) is 0 Å². The van der Waals surface area contributed by atoms with Gasteiger partial charge in [0.05, 0.1) is 0 Å². The molecule has 0 radical (unpaired) electrons. The molecule has 0 spiro atoms. The first-order chi connectivity index (χ1) is 16.4. The minimum Gasteiger partial charge on any atom is -0.355 e. The Morgan fingerprint density at radius 3 is 1.79 bits per heavy atom. The van der Waals surface area contributed by atoms with Crippen molar-refractivity contribution >= 4 is 32.9 Å². The monoisotopic (exact) mass is 421 g/mol. The Balaban J connectivity index is 1.48. The summed E-state index contributed by atoms with van der Waals surface area (Å²) in [7, 11) is 0. The summed E-state index contributed by atoms with van der Waals surface area (Å²) in [4.78, 5) is 0. The van der Waals surface area contributed by atoms with E-state index in [1.807, 2.05) is 6.07 Å². The van der Waals surface area contributed by atoms with Crippen molar-refractivity contribution < 1.29 is 0 Å². The second kappa shape index (κ2) is 8.29. The smallest absolute Gasteiger partial charge is 0.0470 e. The van der Waals surface area contributed by atoms with Crippen LogP contribution in [-0.4, -0.2) is 0 Å². The lowest BCUT2D eigenvalue weighted by Gasteiger charge is -2.17. The molecule has 0 heterocycles. The molecule has 6 aromatic rings. The van der Waals surface area contributed by atoms with E-state index in [0.717, 1.165) is 11.4 Å². The van der Waals surface area contributed by atoms with Crippen LogP contribution in [-0.2, 0) is 0 Å². The van der Waals surface area contributed by atoms with Crippen LogP contribution in [0.4, 0.5) is 11.4 Å². The summed E-state index contributed by atoms with van der Waals surface area (Å²) >= 11 is 0. The molecule has 0 saturated heterocycles. The molecule has 0 atom stereocenters. The molecule has 156 valence electrons. The first-order valence-electron chi connectivity index (χ1n) is 11.3. The molecule has 0 bridgehead atoms. The predicted molar refractivity (Wildman–Crippen MR) is 142 cm³/mol. The molecular formula is C32H23N. The van der Waals surface area contributed by atoms with E-state index in [9.17, 15) is 0 Å². The number of rotatable bonds is 4. The number of hydrogen-bond donors (Lipinski definition) is 1. The topological polar surface area (TPSA) is 12.0 Å². The maximum atomic E-state index is 3.71. The number of hydrogen-bond acceptors (Lipinski definition) is 1. The van der Waals surface area contributed by atoms with Crippen molar-refractivity contribution in [2.75, 3.05) is 5.32 Å². The quantitative estimate of drug-likeness (QED) is 0.299. The van der Waals surface area contributed by atoms with E-state index in [2.05, 4.69) is 133 Å². The highest BCUT2D eigenvalue weighted by Crippen LogP contribution is 2.40. The van der Waals surface area contributed by atoms with Gasteiger partial charge in [0.25, 0.3) is 0 Å². The number of nitrogens with one attached hydrogen (secondary N) is 1. The number of benzene rings is 6. The molecule has 0 aliphatic carbocycles. The van der Waals surface area contributed by atoms with Gasteiger partial charge in [-0.15, -0.1) is 0 Å². The van der Waals surface area contributed by atoms with Gasteiger partial charge >= 0.3 is 0 Å². The average Bonchev–Trinajstić information content (AvgIpc) is 2.89. The van der Waals surface area contributed by atoms with Gasteiger partial charge in [-0.05, 0) is 56.4 Å². The van der Waals surface area contributed by atoms with Crippen LogP contribution in [0.3, 0.4) is 0 Å². The third-order valence-corrected chi connectivity index (χ3v) is 6.26. The predicted octanol–water partition coefficient (Wildman–Crippen LogP) is 9.07. The fraction of sp³-hybridized carbons (Fsp3) is 0. The highest BCUT2D eigenvalue weighted by molar-refractivity contribution is 6.10. The zero-order valence-corrected chi connectivity index (χ0v) is 18.2. The van der Waals surface area contributed by atoms with Crippen molar-refractivity contribution in [1.29, 1.82) is 0 Å². The van der Waals surface area contributed by atoms with Gasteiger partial charge < -0.3 is 5.32 Å². The van der Waals surface area contributed by atoms with Gasteiger partial charge in [0, 0.05) is 16.9 Å². The van der Waals surface area contributed by atoms with E-state index >= 15 is 0 Å². The summed E-state index contributed by atoms with van der Waals surface area (Å²) in [6.07, 6.45) is 0. The minimum absolute atomic E-state index is 1.08. The zero-order chi connectivity index (χ0) is 22.0. The van der Waals surface area contributed by atoms with Crippen LogP contribution in [0.5, 0.6) is 0 Å². The van der Waals surface area contributed by atoms with E-state index in [4.69, 9.17) is 0 Å². The minimum atomic E-state index is 1.08. The fourth-order valence-corrected chi connectivity index (χ4v) is 4.64. The van der Waals surface area contributed by atoms with Gasteiger partial charge in [-0.2, -0.15) is 0 Å². The molecule has 1 N–H and O–H groups in total. The van der Waals surface area contributed by atoms with Gasteiger partial charge in [-0.3, -0.25) is 0 Å². The summed E-state index contributed by atoms with van der Waals surface area (Å²) < 4.78 is 0. The van der Waals surface area contributed by atoms with Crippen LogP contribution in [0.2, 0.25) is 0 Å². The Morgan fingerprint density at radius 1 is 0.394 bits per heavy atom. The summed E-state index contributed by atoms with van der Waals surface area (Å²) in [5.74, 6) is 0. The van der Waals surface area contributed by atoms with Gasteiger partial charge in [0.15, 0.2) is 0 Å². The van der Waals surface area contributed by atoms with E-state index in [-0.39, 0.29) is 0 Å². The van der Waals surface area contributed by atoms with Crippen LogP contribution < -0.4 is 5.32 Å².